The quantitative estimate of drug-likeness (QED) is 0.417. The van der Waals surface area contributed by atoms with E-state index in [0.717, 1.165) is 6.26 Å². The van der Waals surface area contributed by atoms with Gasteiger partial charge in [-0.1, -0.05) is 11.6 Å². The maximum atomic E-state index is 12.9. The Labute approximate surface area is 163 Å². The lowest BCUT2D eigenvalue weighted by atomic mass is 9.91. The largest absolute Gasteiger partial charge is 0.459 e. The first kappa shape index (κ1) is 21.4. The van der Waals surface area contributed by atoms with Crippen LogP contribution >= 0.6 is 11.6 Å². The molecular weight excluding hydrogens is 394 g/mol. The molecule has 0 heterocycles. The van der Waals surface area contributed by atoms with E-state index in [0.29, 0.717) is 12.8 Å². The minimum absolute atomic E-state index is 0.0411. The molecule has 1 atom stereocenters. The molecule has 1 unspecified atom stereocenters. The minimum Gasteiger partial charge on any atom is -0.459 e. The summed E-state index contributed by atoms with van der Waals surface area (Å²) in [6.07, 6.45) is 2.25. The summed E-state index contributed by atoms with van der Waals surface area (Å²) in [5.41, 5.74) is -0.728. The SMILES string of the molecule is CC(C)(C)OC(=O)C(C(=O)c1ccc(NS(C)(=O)=O)cc1Cl)C(=O)C1CC1. The lowest BCUT2D eigenvalue weighted by molar-refractivity contribution is -0.160. The Morgan fingerprint density at radius 2 is 1.81 bits per heavy atom. The van der Waals surface area contributed by atoms with Crippen LogP contribution in [0.2, 0.25) is 5.02 Å². The van der Waals surface area contributed by atoms with Crippen molar-refractivity contribution in [2.45, 2.75) is 39.2 Å². The van der Waals surface area contributed by atoms with Crippen molar-refractivity contribution in [2.24, 2.45) is 11.8 Å². The fourth-order valence-corrected chi connectivity index (χ4v) is 3.29. The van der Waals surface area contributed by atoms with Gasteiger partial charge in [0.15, 0.2) is 17.5 Å². The van der Waals surface area contributed by atoms with Crippen molar-refractivity contribution in [2.75, 3.05) is 11.0 Å². The Kier molecular flexibility index (Phi) is 6.01. The Bertz CT molecular complexity index is 884. The maximum Gasteiger partial charge on any atom is 0.325 e. The van der Waals surface area contributed by atoms with E-state index in [1.165, 1.54) is 18.2 Å². The molecule has 0 aromatic heterocycles. The number of hydrogen-bond donors (Lipinski definition) is 1. The van der Waals surface area contributed by atoms with E-state index < -0.39 is 39.1 Å². The molecule has 1 aromatic rings. The molecule has 0 aliphatic heterocycles. The number of esters is 1. The molecule has 0 amide bonds. The van der Waals surface area contributed by atoms with Crippen LogP contribution < -0.4 is 4.72 Å². The Hall–Kier alpha value is -1.93. The number of Topliss-reactive ketones (excluding diaryl/α,β-unsaturated/α-hetero) is 2. The third kappa shape index (κ3) is 6.04. The number of anilines is 1. The van der Waals surface area contributed by atoms with Gasteiger partial charge in [0, 0.05) is 17.2 Å². The Morgan fingerprint density at radius 3 is 2.26 bits per heavy atom. The highest BCUT2D eigenvalue weighted by atomic mass is 35.5. The topological polar surface area (TPSA) is 107 Å². The van der Waals surface area contributed by atoms with Crippen molar-refractivity contribution in [3.8, 4) is 0 Å². The molecule has 7 nitrogen and oxygen atoms in total. The summed E-state index contributed by atoms with van der Waals surface area (Å²) in [6.45, 7) is 4.94. The van der Waals surface area contributed by atoms with Gasteiger partial charge in [0.2, 0.25) is 10.0 Å². The highest BCUT2D eigenvalue weighted by molar-refractivity contribution is 7.92. The molecule has 1 saturated carbocycles. The number of carbonyl (C=O) groups excluding carboxylic acids is 3. The van der Waals surface area contributed by atoms with Crippen LogP contribution in [-0.2, 0) is 24.3 Å². The summed E-state index contributed by atoms with van der Waals surface area (Å²) >= 11 is 6.12. The number of benzene rings is 1. The van der Waals surface area contributed by atoms with Crippen LogP contribution in [0.25, 0.3) is 0 Å². The molecule has 1 fully saturated rings. The second-order valence-corrected chi connectivity index (χ2v) is 9.73. The summed E-state index contributed by atoms with van der Waals surface area (Å²) in [4.78, 5) is 38.0. The molecule has 0 spiro atoms. The molecule has 1 aliphatic rings. The highest BCUT2D eigenvalue weighted by Crippen LogP contribution is 2.35. The third-order valence-electron chi connectivity index (χ3n) is 3.71. The van der Waals surface area contributed by atoms with Crippen molar-refractivity contribution < 1.29 is 27.5 Å². The van der Waals surface area contributed by atoms with Gasteiger partial charge in [-0.15, -0.1) is 0 Å². The smallest absolute Gasteiger partial charge is 0.325 e. The van der Waals surface area contributed by atoms with Crippen LogP contribution in [0.3, 0.4) is 0 Å². The lowest BCUT2D eigenvalue weighted by Crippen LogP contribution is -2.38. The number of halogens is 1. The molecule has 2 rings (SSSR count). The maximum absolute atomic E-state index is 12.9. The predicted molar refractivity (Wildman–Crippen MR) is 101 cm³/mol. The molecule has 0 bridgehead atoms. The second kappa shape index (κ2) is 7.59. The van der Waals surface area contributed by atoms with Gasteiger partial charge in [0.05, 0.1) is 11.3 Å². The molecular formula is C18H22ClNO6S. The van der Waals surface area contributed by atoms with Gasteiger partial charge < -0.3 is 4.74 Å². The summed E-state index contributed by atoms with van der Waals surface area (Å²) < 4.78 is 30.1. The lowest BCUT2D eigenvalue weighted by Gasteiger charge is -2.23. The zero-order valence-corrected chi connectivity index (χ0v) is 17.1. The van der Waals surface area contributed by atoms with Gasteiger partial charge in [-0.05, 0) is 51.8 Å². The van der Waals surface area contributed by atoms with Gasteiger partial charge in [0.25, 0.3) is 0 Å². The van der Waals surface area contributed by atoms with Crippen LogP contribution in [0.15, 0.2) is 18.2 Å². The first-order chi connectivity index (χ1) is 12.3. The van der Waals surface area contributed by atoms with Crippen molar-refractivity contribution in [3.05, 3.63) is 28.8 Å². The molecule has 9 heteroatoms. The van der Waals surface area contributed by atoms with E-state index in [4.69, 9.17) is 16.3 Å². The first-order valence-corrected chi connectivity index (χ1v) is 10.6. The standard InChI is InChI=1S/C18H22ClNO6S/c1-18(2,3)26-17(23)14(15(21)10-5-6-10)16(22)12-8-7-11(9-13(12)19)20-27(4,24)25/h7-10,14,20H,5-6H2,1-4H3. The van der Waals surface area contributed by atoms with Gasteiger partial charge in [-0.2, -0.15) is 0 Å². The Balaban J connectivity index is 2.34. The second-order valence-electron chi connectivity index (χ2n) is 7.58. The summed E-state index contributed by atoms with van der Waals surface area (Å²) in [6, 6.07) is 3.88. The average Bonchev–Trinajstić information content (AvgIpc) is 3.27. The normalized spacial score (nSPS) is 15.7. The van der Waals surface area contributed by atoms with Crippen LogP contribution in [-0.4, -0.2) is 37.8 Å². The monoisotopic (exact) mass is 415 g/mol. The van der Waals surface area contributed by atoms with Gasteiger partial charge in [0.1, 0.15) is 5.60 Å². The van der Waals surface area contributed by atoms with Crippen molar-refractivity contribution in [1.82, 2.24) is 0 Å². The minimum atomic E-state index is -3.52. The van der Waals surface area contributed by atoms with Gasteiger partial charge >= 0.3 is 5.97 Å². The van der Waals surface area contributed by atoms with Crippen LogP contribution in [0.5, 0.6) is 0 Å². The van der Waals surface area contributed by atoms with Gasteiger partial charge in [-0.3, -0.25) is 19.1 Å². The number of nitrogens with one attached hydrogen (secondary N) is 1. The van der Waals surface area contributed by atoms with Crippen molar-refractivity contribution >= 4 is 44.8 Å². The molecule has 0 saturated heterocycles. The Morgan fingerprint density at radius 1 is 1.22 bits per heavy atom. The fourth-order valence-electron chi connectivity index (χ4n) is 2.46. The van der Waals surface area contributed by atoms with E-state index in [1.54, 1.807) is 20.8 Å². The zero-order chi connectivity index (χ0) is 20.6. The summed E-state index contributed by atoms with van der Waals surface area (Å²) in [7, 11) is -3.52. The van der Waals surface area contributed by atoms with Crippen LogP contribution in [0, 0.1) is 11.8 Å². The number of ketones is 2. The summed E-state index contributed by atoms with van der Waals surface area (Å²) in [5, 5.41) is -0.0641. The van der Waals surface area contributed by atoms with E-state index in [2.05, 4.69) is 4.72 Å². The van der Waals surface area contributed by atoms with E-state index in [-0.39, 0.29) is 22.2 Å². The fraction of sp³-hybridized carbons (Fsp3) is 0.500. The number of hydrogen-bond acceptors (Lipinski definition) is 6. The number of sulfonamides is 1. The van der Waals surface area contributed by atoms with Crippen LogP contribution in [0.1, 0.15) is 44.0 Å². The summed E-state index contributed by atoms with van der Waals surface area (Å²) in [5.74, 6) is -4.03. The number of carbonyl (C=O) groups is 3. The highest BCUT2D eigenvalue weighted by Gasteiger charge is 2.44. The van der Waals surface area contributed by atoms with Crippen LogP contribution in [0.4, 0.5) is 5.69 Å². The predicted octanol–water partition coefficient (Wildman–Crippen LogP) is 2.83. The van der Waals surface area contributed by atoms with E-state index >= 15 is 0 Å². The van der Waals surface area contributed by atoms with Gasteiger partial charge in [-0.25, -0.2) is 8.42 Å². The number of ether oxygens (including phenoxy) is 1. The zero-order valence-electron chi connectivity index (χ0n) is 15.5. The van der Waals surface area contributed by atoms with Crippen molar-refractivity contribution in [3.63, 3.8) is 0 Å². The number of rotatable bonds is 7. The molecule has 148 valence electrons. The van der Waals surface area contributed by atoms with Crippen molar-refractivity contribution in [1.29, 1.82) is 0 Å². The molecule has 0 radical (unpaired) electrons. The van der Waals surface area contributed by atoms with E-state index in [1.807, 2.05) is 0 Å². The third-order valence-corrected chi connectivity index (χ3v) is 4.63. The molecule has 1 aromatic carbocycles. The first-order valence-electron chi connectivity index (χ1n) is 8.36. The molecule has 27 heavy (non-hydrogen) atoms. The molecule has 1 aliphatic carbocycles. The van der Waals surface area contributed by atoms with E-state index in [9.17, 15) is 22.8 Å². The molecule has 1 N–H and O–H groups in total. The average molecular weight is 416 g/mol.